The number of rotatable bonds is 3. The van der Waals surface area contributed by atoms with E-state index >= 15 is 0 Å². The Morgan fingerprint density at radius 3 is 2.28 bits per heavy atom. The SMILES string of the molecule is C1=CNNC1.CN(C)c1ccc(C2=CCN(c3ccccc3)N2)cc1. The molecule has 5 heteroatoms. The van der Waals surface area contributed by atoms with E-state index in [0.717, 1.165) is 13.1 Å². The molecule has 2 aromatic rings. The van der Waals surface area contributed by atoms with Crippen LogP contribution < -0.4 is 26.2 Å². The second-order valence-corrected chi connectivity index (χ2v) is 6.04. The maximum absolute atomic E-state index is 3.45. The fourth-order valence-electron chi connectivity index (χ4n) is 2.61. The molecule has 130 valence electrons. The molecule has 0 saturated carbocycles. The molecule has 25 heavy (non-hydrogen) atoms. The molecular weight excluding hydrogens is 310 g/mol. The van der Waals surface area contributed by atoms with Gasteiger partial charge in [0.2, 0.25) is 0 Å². The first-order valence-electron chi connectivity index (χ1n) is 8.44. The van der Waals surface area contributed by atoms with Crippen LogP contribution in [-0.2, 0) is 0 Å². The van der Waals surface area contributed by atoms with Crippen LogP contribution in [0.3, 0.4) is 0 Å². The van der Waals surface area contributed by atoms with E-state index in [-0.39, 0.29) is 0 Å². The molecule has 4 rings (SSSR count). The Morgan fingerprint density at radius 1 is 0.960 bits per heavy atom. The summed E-state index contributed by atoms with van der Waals surface area (Å²) in [6.45, 7) is 1.84. The topological polar surface area (TPSA) is 42.6 Å². The van der Waals surface area contributed by atoms with Crippen molar-refractivity contribution in [1.82, 2.24) is 16.3 Å². The smallest absolute Gasteiger partial charge is 0.0598 e. The van der Waals surface area contributed by atoms with Crippen LogP contribution in [-0.4, -0.2) is 27.2 Å². The van der Waals surface area contributed by atoms with Gasteiger partial charge in [-0.3, -0.25) is 10.4 Å². The molecule has 0 radical (unpaired) electrons. The third-order valence-electron chi connectivity index (χ3n) is 4.02. The normalized spacial score (nSPS) is 15.0. The second kappa shape index (κ2) is 8.26. The molecule has 0 atom stereocenters. The van der Waals surface area contributed by atoms with Crippen LogP contribution in [0.1, 0.15) is 5.56 Å². The fourth-order valence-corrected chi connectivity index (χ4v) is 2.61. The minimum Gasteiger partial charge on any atom is -0.378 e. The number of hydrogen-bond donors (Lipinski definition) is 3. The molecule has 0 bridgehead atoms. The van der Waals surface area contributed by atoms with Gasteiger partial charge in [0.05, 0.1) is 17.9 Å². The lowest BCUT2D eigenvalue weighted by Crippen LogP contribution is -2.31. The molecule has 2 aliphatic heterocycles. The van der Waals surface area contributed by atoms with Gasteiger partial charge in [-0.15, -0.1) is 0 Å². The van der Waals surface area contributed by atoms with Crippen molar-refractivity contribution in [3.05, 3.63) is 78.5 Å². The van der Waals surface area contributed by atoms with E-state index in [0.29, 0.717) is 0 Å². The van der Waals surface area contributed by atoms with Crippen molar-refractivity contribution in [2.45, 2.75) is 0 Å². The fraction of sp³-hybridized carbons (Fsp3) is 0.200. The molecule has 0 aromatic heterocycles. The number of hydrogen-bond acceptors (Lipinski definition) is 5. The van der Waals surface area contributed by atoms with Crippen molar-refractivity contribution in [3.8, 4) is 0 Å². The average molecular weight is 335 g/mol. The first kappa shape index (κ1) is 16.9. The highest BCUT2D eigenvalue weighted by molar-refractivity contribution is 5.71. The van der Waals surface area contributed by atoms with Gasteiger partial charge in [0.1, 0.15) is 0 Å². The maximum Gasteiger partial charge on any atom is 0.0598 e. The molecule has 0 aliphatic carbocycles. The van der Waals surface area contributed by atoms with Crippen LogP contribution in [0, 0.1) is 0 Å². The number of anilines is 2. The van der Waals surface area contributed by atoms with E-state index < -0.39 is 0 Å². The number of nitrogens with zero attached hydrogens (tertiary/aromatic N) is 2. The monoisotopic (exact) mass is 335 g/mol. The molecule has 0 amide bonds. The predicted octanol–water partition coefficient (Wildman–Crippen LogP) is 2.73. The summed E-state index contributed by atoms with van der Waals surface area (Å²) in [5.41, 5.74) is 13.9. The van der Waals surface area contributed by atoms with Crippen molar-refractivity contribution < 1.29 is 0 Å². The van der Waals surface area contributed by atoms with Gasteiger partial charge in [-0.2, -0.15) is 0 Å². The lowest BCUT2D eigenvalue weighted by atomic mass is 10.1. The summed E-state index contributed by atoms with van der Waals surface area (Å²) in [5, 5.41) is 2.15. The summed E-state index contributed by atoms with van der Waals surface area (Å²) in [6, 6.07) is 19.0. The van der Waals surface area contributed by atoms with Gasteiger partial charge in [-0.25, -0.2) is 5.43 Å². The van der Waals surface area contributed by atoms with E-state index in [2.05, 4.69) is 94.9 Å². The molecule has 3 N–H and O–H groups in total. The number of hydrazine groups is 2. The Morgan fingerprint density at radius 2 is 1.72 bits per heavy atom. The Labute approximate surface area is 149 Å². The van der Waals surface area contributed by atoms with Crippen LogP contribution >= 0.6 is 0 Å². The summed E-state index contributed by atoms with van der Waals surface area (Å²) in [7, 11) is 4.11. The van der Waals surface area contributed by atoms with Crippen molar-refractivity contribution in [2.24, 2.45) is 0 Å². The van der Waals surface area contributed by atoms with E-state index in [1.807, 2.05) is 18.3 Å². The van der Waals surface area contributed by atoms with Crippen molar-refractivity contribution in [2.75, 3.05) is 37.1 Å². The van der Waals surface area contributed by atoms with Gasteiger partial charge in [0, 0.05) is 32.5 Å². The van der Waals surface area contributed by atoms with Crippen molar-refractivity contribution in [3.63, 3.8) is 0 Å². The number of nitrogens with one attached hydrogen (secondary N) is 3. The van der Waals surface area contributed by atoms with Crippen molar-refractivity contribution in [1.29, 1.82) is 0 Å². The molecule has 0 saturated heterocycles. The minimum absolute atomic E-state index is 0.884. The predicted molar refractivity (Wildman–Crippen MR) is 106 cm³/mol. The first-order valence-corrected chi connectivity index (χ1v) is 8.44. The summed E-state index contributed by atoms with van der Waals surface area (Å²) in [4.78, 5) is 2.11. The Kier molecular flexibility index (Phi) is 5.59. The minimum atomic E-state index is 0.884. The van der Waals surface area contributed by atoms with Gasteiger partial charge in [0.25, 0.3) is 0 Å². The van der Waals surface area contributed by atoms with Crippen LogP contribution in [0.15, 0.2) is 72.9 Å². The van der Waals surface area contributed by atoms with Gasteiger partial charge >= 0.3 is 0 Å². The highest BCUT2D eigenvalue weighted by Crippen LogP contribution is 2.23. The largest absolute Gasteiger partial charge is 0.378 e. The van der Waals surface area contributed by atoms with E-state index in [4.69, 9.17) is 0 Å². The molecule has 0 spiro atoms. The zero-order chi connectivity index (χ0) is 17.5. The zero-order valence-corrected chi connectivity index (χ0v) is 14.7. The molecule has 0 unspecified atom stereocenters. The molecular formula is C20H25N5. The summed E-state index contributed by atoms with van der Waals surface area (Å²) in [6.07, 6.45) is 6.11. The van der Waals surface area contributed by atoms with Gasteiger partial charge in [-0.05, 0) is 35.9 Å². The zero-order valence-electron chi connectivity index (χ0n) is 14.7. The van der Waals surface area contributed by atoms with E-state index in [1.165, 1.54) is 22.6 Å². The van der Waals surface area contributed by atoms with Crippen LogP contribution in [0.25, 0.3) is 5.70 Å². The van der Waals surface area contributed by atoms with Gasteiger partial charge in [-0.1, -0.05) is 36.4 Å². The Balaban J connectivity index is 0.000000314. The summed E-state index contributed by atoms with van der Waals surface area (Å²) >= 11 is 0. The molecule has 5 nitrogen and oxygen atoms in total. The summed E-state index contributed by atoms with van der Waals surface area (Å²) < 4.78 is 0. The molecule has 0 fully saturated rings. The van der Waals surface area contributed by atoms with Crippen LogP contribution in [0.5, 0.6) is 0 Å². The lowest BCUT2D eigenvalue weighted by Gasteiger charge is -2.20. The second-order valence-electron chi connectivity index (χ2n) is 6.04. The molecule has 2 aromatic carbocycles. The third kappa shape index (κ3) is 4.55. The Bertz CT molecular complexity index is 714. The van der Waals surface area contributed by atoms with Gasteiger partial charge < -0.3 is 10.3 Å². The standard InChI is InChI=1S/C17H19N3.C3H6N2/c1-19(2)15-10-8-14(9-11-15)17-12-13-20(18-17)16-6-4-3-5-7-16;1-2-4-5-3-1/h3-12,18H,13H2,1-2H3;1-2,4-5H,3H2. The van der Waals surface area contributed by atoms with Crippen LogP contribution in [0.4, 0.5) is 11.4 Å². The van der Waals surface area contributed by atoms with Crippen molar-refractivity contribution >= 4 is 17.1 Å². The van der Waals surface area contributed by atoms with E-state index in [1.54, 1.807) is 0 Å². The maximum atomic E-state index is 3.45. The summed E-state index contributed by atoms with van der Waals surface area (Å²) in [5.74, 6) is 0. The number of para-hydroxylation sites is 1. The third-order valence-corrected chi connectivity index (χ3v) is 4.02. The Hall–Kier alpha value is -2.92. The first-order chi connectivity index (χ1) is 12.2. The molecule has 2 heterocycles. The number of benzene rings is 2. The lowest BCUT2D eigenvalue weighted by molar-refractivity contribution is 0.727. The average Bonchev–Trinajstić information content (AvgIpc) is 3.37. The van der Waals surface area contributed by atoms with Crippen LogP contribution in [0.2, 0.25) is 0 Å². The quantitative estimate of drug-likeness (QED) is 0.805. The highest BCUT2D eigenvalue weighted by Gasteiger charge is 2.14. The van der Waals surface area contributed by atoms with Gasteiger partial charge in [0.15, 0.2) is 0 Å². The highest BCUT2D eigenvalue weighted by atomic mass is 15.5. The van der Waals surface area contributed by atoms with E-state index in [9.17, 15) is 0 Å². The molecule has 2 aliphatic rings.